The Balaban J connectivity index is 2.03. The molecule has 0 radical (unpaired) electrons. The Kier molecular flexibility index (Phi) is 3.99. The van der Waals surface area contributed by atoms with E-state index in [0.29, 0.717) is 15.8 Å². The maximum Gasteiger partial charge on any atom is 0.328 e. The number of carbonyl (C=O) groups is 1. The Morgan fingerprint density at radius 2 is 1.91 bits per heavy atom. The minimum Gasteiger partial charge on any atom is -0.295 e. The molecule has 0 unspecified atom stereocenters. The van der Waals surface area contributed by atoms with E-state index in [9.17, 15) is 9.59 Å². The smallest absolute Gasteiger partial charge is 0.295 e. The van der Waals surface area contributed by atoms with Gasteiger partial charge in [0.05, 0.1) is 15.9 Å². The molecule has 1 aromatic heterocycles. The van der Waals surface area contributed by atoms with Crippen molar-refractivity contribution >= 4 is 51.3 Å². The van der Waals surface area contributed by atoms with E-state index in [1.54, 1.807) is 35.4 Å². The lowest BCUT2D eigenvalue weighted by Crippen LogP contribution is -2.27. The molecule has 1 aromatic carbocycles. The molecule has 0 spiro atoms. The number of rotatable bonds is 3. The molecule has 0 atom stereocenters. The van der Waals surface area contributed by atoms with Crippen LogP contribution in [-0.4, -0.2) is 30.8 Å². The number of nitrogens with zero attached hydrogens (tertiary/aromatic N) is 3. The standard InChI is InChI=1S/C16H15N3O2S2/c1-4-7-19-14(20)13(23-16(19)22)9-10-5-6-11-12(8-10)18(3)15(21)17(11)2/h4-6,8-9H,1,7H2,2-3H3/b13-9-. The number of hydrogen-bond acceptors (Lipinski definition) is 4. The number of carbonyl (C=O) groups excluding carboxylic acids is 1. The van der Waals surface area contributed by atoms with Gasteiger partial charge < -0.3 is 0 Å². The second kappa shape index (κ2) is 5.82. The lowest BCUT2D eigenvalue weighted by atomic mass is 10.2. The highest BCUT2D eigenvalue weighted by molar-refractivity contribution is 8.26. The van der Waals surface area contributed by atoms with E-state index < -0.39 is 0 Å². The zero-order chi connectivity index (χ0) is 16.7. The summed E-state index contributed by atoms with van der Waals surface area (Å²) < 4.78 is 3.73. The number of fused-ring (bicyclic) bond motifs is 1. The van der Waals surface area contributed by atoms with Crippen LogP contribution in [0.15, 0.2) is 40.6 Å². The van der Waals surface area contributed by atoms with Crippen LogP contribution in [0.3, 0.4) is 0 Å². The SMILES string of the molecule is C=CCN1C(=O)/C(=C/c2ccc3c(c2)n(C)c(=O)n3C)SC1=S. The van der Waals surface area contributed by atoms with E-state index in [4.69, 9.17) is 12.2 Å². The van der Waals surface area contributed by atoms with Crippen LogP contribution in [0.1, 0.15) is 5.56 Å². The van der Waals surface area contributed by atoms with Gasteiger partial charge in [-0.05, 0) is 23.8 Å². The third-order valence-electron chi connectivity index (χ3n) is 3.78. The summed E-state index contributed by atoms with van der Waals surface area (Å²) >= 11 is 6.51. The predicted octanol–water partition coefficient (Wildman–Crippen LogP) is 2.26. The average Bonchev–Trinajstić information content (AvgIpc) is 2.91. The van der Waals surface area contributed by atoms with Crippen LogP contribution in [-0.2, 0) is 18.9 Å². The second-order valence-corrected chi connectivity index (χ2v) is 6.91. The van der Waals surface area contributed by atoms with Gasteiger partial charge in [-0.15, -0.1) is 6.58 Å². The first-order chi connectivity index (χ1) is 10.9. The fourth-order valence-corrected chi connectivity index (χ4v) is 3.83. The van der Waals surface area contributed by atoms with E-state index in [0.717, 1.165) is 16.6 Å². The van der Waals surface area contributed by atoms with Gasteiger partial charge in [0.2, 0.25) is 0 Å². The third kappa shape index (κ3) is 2.55. The molecule has 1 amide bonds. The van der Waals surface area contributed by atoms with Gasteiger partial charge in [-0.25, -0.2) is 4.79 Å². The van der Waals surface area contributed by atoms with Gasteiger partial charge in [0.1, 0.15) is 4.32 Å². The first kappa shape index (κ1) is 15.8. The Bertz CT molecular complexity index is 937. The van der Waals surface area contributed by atoms with Crippen molar-refractivity contribution in [2.45, 2.75) is 0 Å². The maximum atomic E-state index is 12.3. The first-order valence-corrected chi connectivity index (χ1v) is 8.18. The summed E-state index contributed by atoms with van der Waals surface area (Å²) in [6.07, 6.45) is 3.46. The van der Waals surface area contributed by atoms with Crippen LogP contribution in [0.2, 0.25) is 0 Å². The Labute approximate surface area is 142 Å². The van der Waals surface area contributed by atoms with E-state index in [2.05, 4.69) is 6.58 Å². The van der Waals surface area contributed by atoms with Crippen LogP contribution in [0.25, 0.3) is 17.1 Å². The fraction of sp³-hybridized carbons (Fsp3) is 0.188. The molecule has 118 valence electrons. The Morgan fingerprint density at radius 1 is 1.22 bits per heavy atom. The van der Waals surface area contributed by atoms with Crippen molar-refractivity contribution in [2.75, 3.05) is 6.54 Å². The van der Waals surface area contributed by atoms with Crippen molar-refractivity contribution in [1.82, 2.24) is 14.0 Å². The minimum atomic E-state index is -0.109. The highest BCUT2D eigenvalue weighted by atomic mass is 32.2. The summed E-state index contributed by atoms with van der Waals surface area (Å²) in [5.74, 6) is -0.109. The summed E-state index contributed by atoms with van der Waals surface area (Å²) in [7, 11) is 3.47. The molecule has 2 aromatic rings. The summed E-state index contributed by atoms with van der Waals surface area (Å²) in [5, 5.41) is 0. The molecule has 5 nitrogen and oxygen atoms in total. The molecule has 2 heterocycles. The molecule has 1 fully saturated rings. The lowest BCUT2D eigenvalue weighted by Gasteiger charge is -2.10. The number of aryl methyl sites for hydroxylation is 2. The normalized spacial score (nSPS) is 16.8. The van der Waals surface area contributed by atoms with Crippen molar-refractivity contribution in [3.63, 3.8) is 0 Å². The van der Waals surface area contributed by atoms with Crippen LogP contribution >= 0.6 is 24.0 Å². The highest BCUT2D eigenvalue weighted by Gasteiger charge is 2.30. The van der Waals surface area contributed by atoms with Gasteiger partial charge in [0.15, 0.2) is 0 Å². The van der Waals surface area contributed by atoms with Crippen LogP contribution < -0.4 is 5.69 Å². The van der Waals surface area contributed by atoms with Crippen molar-refractivity contribution in [2.24, 2.45) is 14.1 Å². The fourth-order valence-electron chi connectivity index (χ4n) is 2.55. The first-order valence-electron chi connectivity index (χ1n) is 6.95. The zero-order valence-electron chi connectivity index (χ0n) is 12.8. The topological polar surface area (TPSA) is 47.2 Å². The van der Waals surface area contributed by atoms with Crippen molar-refractivity contribution in [3.05, 3.63) is 51.8 Å². The average molecular weight is 345 g/mol. The van der Waals surface area contributed by atoms with Crippen LogP contribution in [0, 0.1) is 0 Å². The number of thioether (sulfide) groups is 1. The van der Waals surface area contributed by atoms with Gasteiger partial charge in [-0.3, -0.25) is 18.8 Å². The van der Waals surface area contributed by atoms with Gasteiger partial charge in [0.25, 0.3) is 5.91 Å². The number of imidazole rings is 1. The van der Waals surface area contributed by atoms with Gasteiger partial charge >= 0.3 is 5.69 Å². The Morgan fingerprint density at radius 3 is 2.61 bits per heavy atom. The van der Waals surface area contributed by atoms with E-state index in [1.807, 2.05) is 18.2 Å². The molecule has 23 heavy (non-hydrogen) atoms. The Hall–Kier alpha value is -2.12. The lowest BCUT2D eigenvalue weighted by molar-refractivity contribution is -0.121. The number of benzene rings is 1. The molecule has 3 rings (SSSR count). The summed E-state index contributed by atoms with van der Waals surface area (Å²) in [4.78, 5) is 26.4. The van der Waals surface area contributed by atoms with Crippen molar-refractivity contribution in [1.29, 1.82) is 0 Å². The molecule has 7 heteroatoms. The summed E-state index contributed by atoms with van der Waals surface area (Å²) in [5.41, 5.74) is 2.47. The zero-order valence-corrected chi connectivity index (χ0v) is 14.4. The van der Waals surface area contributed by atoms with Gasteiger partial charge in [0, 0.05) is 20.6 Å². The number of hydrogen-bond donors (Lipinski definition) is 0. The predicted molar refractivity (Wildman–Crippen MR) is 98.2 cm³/mol. The molecular weight excluding hydrogens is 330 g/mol. The van der Waals surface area contributed by atoms with Gasteiger partial charge in [-0.1, -0.05) is 36.1 Å². The van der Waals surface area contributed by atoms with E-state index in [1.165, 1.54) is 16.7 Å². The monoisotopic (exact) mass is 345 g/mol. The van der Waals surface area contributed by atoms with Gasteiger partial charge in [-0.2, -0.15) is 0 Å². The third-order valence-corrected chi connectivity index (χ3v) is 5.16. The quantitative estimate of drug-likeness (QED) is 0.486. The molecule has 0 aliphatic carbocycles. The number of thiocarbonyl (C=S) groups is 1. The summed E-state index contributed by atoms with van der Waals surface area (Å²) in [6.45, 7) is 4.05. The summed E-state index contributed by atoms with van der Waals surface area (Å²) in [6, 6.07) is 5.67. The largest absolute Gasteiger partial charge is 0.328 e. The molecule has 1 saturated heterocycles. The number of amides is 1. The molecule has 0 bridgehead atoms. The maximum absolute atomic E-state index is 12.3. The molecule has 1 aliphatic heterocycles. The van der Waals surface area contributed by atoms with Crippen LogP contribution in [0.5, 0.6) is 0 Å². The molecule has 0 saturated carbocycles. The van der Waals surface area contributed by atoms with Crippen molar-refractivity contribution < 1.29 is 4.79 Å². The molecular formula is C16H15N3O2S2. The van der Waals surface area contributed by atoms with E-state index >= 15 is 0 Å². The molecule has 0 N–H and O–H groups in total. The van der Waals surface area contributed by atoms with Crippen molar-refractivity contribution in [3.8, 4) is 0 Å². The second-order valence-electron chi connectivity index (χ2n) is 5.23. The van der Waals surface area contributed by atoms with Crippen LogP contribution in [0.4, 0.5) is 0 Å². The molecule has 1 aliphatic rings. The highest BCUT2D eigenvalue weighted by Crippen LogP contribution is 2.32. The van der Waals surface area contributed by atoms with E-state index in [-0.39, 0.29) is 11.6 Å². The minimum absolute atomic E-state index is 0.0746. The number of aromatic nitrogens is 2.